The van der Waals surface area contributed by atoms with Crippen LogP contribution in [0.2, 0.25) is 0 Å². The third-order valence-corrected chi connectivity index (χ3v) is 3.13. The van der Waals surface area contributed by atoms with Gasteiger partial charge in [0.25, 0.3) is 0 Å². The van der Waals surface area contributed by atoms with Crippen LogP contribution < -0.4 is 0 Å². The van der Waals surface area contributed by atoms with E-state index in [0.717, 1.165) is 9.57 Å². The summed E-state index contributed by atoms with van der Waals surface area (Å²) < 4.78 is 5.60. The molecule has 4 heteroatoms. The Morgan fingerprint density at radius 2 is 2.70 bits per heavy atom. The lowest BCUT2D eigenvalue weighted by Crippen LogP contribution is -2.13. The molecule has 0 saturated heterocycles. The Bertz CT molecular complexity index is 179. The van der Waals surface area contributed by atoms with Gasteiger partial charge in [0.05, 0.1) is 13.0 Å². The minimum absolute atomic E-state index is 0.0515. The topological polar surface area (TPSA) is 26.3 Å². The zero-order chi connectivity index (χ0) is 7.56. The van der Waals surface area contributed by atoms with E-state index in [-0.39, 0.29) is 11.9 Å². The first-order valence-corrected chi connectivity index (χ1v) is 4.60. The largest absolute Gasteiger partial charge is 0.469 e. The van der Waals surface area contributed by atoms with Crippen LogP contribution in [0.15, 0.2) is 9.89 Å². The number of rotatable bonds is 1. The highest BCUT2D eigenvalue weighted by Crippen LogP contribution is 2.33. The average Bonchev–Trinajstić information content (AvgIpc) is 2.34. The number of thioether (sulfide) groups is 1. The summed E-state index contributed by atoms with van der Waals surface area (Å²) >= 11 is 4.92. The molecule has 0 fully saturated rings. The van der Waals surface area contributed by atoms with Crippen LogP contribution in [0.3, 0.4) is 0 Å². The quantitative estimate of drug-likeness (QED) is 0.633. The first kappa shape index (κ1) is 8.14. The molecule has 0 radical (unpaired) electrons. The van der Waals surface area contributed by atoms with Gasteiger partial charge in [-0.15, -0.1) is 11.8 Å². The Labute approximate surface area is 72.1 Å². The first-order chi connectivity index (χ1) is 4.74. The average molecular weight is 223 g/mol. The first-order valence-electron chi connectivity index (χ1n) is 2.82. The smallest absolute Gasteiger partial charge is 0.313 e. The summed E-state index contributed by atoms with van der Waals surface area (Å²) in [7, 11) is 1.41. The standard InChI is InChI=1S/C6H7BrO2S/c1-9-6(8)4-2-5(7)10-3-4/h2,4H,3H2,1H3. The van der Waals surface area contributed by atoms with Gasteiger partial charge in [-0.1, -0.05) is 0 Å². The van der Waals surface area contributed by atoms with Crippen molar-refractivity contribution in [3.63, 3.8) is 0 Å². The normalized spacial score (nSPS) is 24.2. The van der Waals surface area contributed by atoms with Gasteiger partial charge in [-0.3, -0.25) is 4.79 Å². The van der Waals surface area contributed by atoms with Gasteiger partial charge < -0.3 is 4.74 Å². The number of ether oxygens (including phenoxy) is 1. The van der Waals surface area contributed by atoms with Crippen LogP contribution >= 0.6 is 27.7 Å². The van der Waals surface area contributed by atoms with E-state index in [4.69, 9.17) is 0 Å². The molecule has 0 aromatic heterocycles. The summed E-state index contributed by atoms with van der Waals surface area (Å²) in [6.45, 7) is 0. The lowest BCUT2D eigenvalue weighted by Gasteiger charge is -2.01. The van der Waals surface area contributed by atoms with E-state index >= 15 is 0 Å². The summed E-state index contributed by atoms with van der Waals surface area (Å²) in [5, 5.41) is 0. The van der Waals surface area contributed by atoms with Crippen molar-refractivity contribution in [1.29, 1.82) is 0 Å². The van der Waals surface area contributed by atoms with E-state index in [0.29, 0.717) is 0 Å². The monoisotopic (exact) mass is 222 g/mol. The minimum Gasteiger partial charge on any atom is -0.469 e. The number of hydrogen-bond donors (Lipinski definition) is 0. The summed E-state index contributed by atoms with van der Waals surface area (Å²) in [5.74, 6) is 0.596. The van der Waals surface area contributed by atoms with E-state index in [9.17, 15) is 4.79 Å². The molecule has 0 bridgehead atoms. The fourth-order valence-corrected chi connectivity index (χ4v) is 2.26. The molecule has 10 heavy (non-hydrogen) atoms. The zero-order valence-electron chi connectivity index (χ0n) is 5.46. The molecule has 0 aromatic rings. The summed E-state index contributed by atoms with van der Waals surface area (Å²) in [4.78, 5) is 10.9. The molecule has 1 rings (SSSR count). The van der Waals surface area contributed by atoms with Gasteiger partial charge in [0.2, 0.25) is 0 Å². The Morgan fingerprint density at radius 1 is 2.00 bits per heavy atom. The Hall–Kier alpha value is 0.0400. The molecule has 0 aromatic carbocycles. The van der Waals surface area contributed by atoms with E-state index < -0.39 is 0 Å². The van der Waals surface area contributed by atoms with E-state index in [1.54, 1.807) is 11.8 Å². The van der Waals surface area contributed by atoms with Crippen molar-refractivity contribution in [3.05, 3.63) is 9.89 Å². The lowest BCUT2D eigenvalue weighted by atomic mass is 10.2. The Kier molecular flexibility index (Phi) is 2.80. The predicted octanol–water partition coefficient (Wildman–Crippen LogP) is 1.76. The van der Waals surface area contributed by atoms with Gasteiger partial charge >= 0.3 is 5.97 Å². The second-order valence-corrected chi connectivity index (χ2v) is 4.35. The third-order valence-electron chi connectivity index (χ3n) is 1.24. The molecule has 1 aliphatic heterocycles. The van der Waals surface area contributed by atoms with Crippen LogP contribution in [0.4, 0.5) is 0 Å². The molecule has 0 N–H and O–H groups in total. The van der Waals surface area contributed by atoms with Crippen molar-refractivity contribution in [2.75, 3.05) is 12.9 Å². The van der Waals surface area contributed by atoms with Crippen LogP contribution in [0, 0.1) is 5.92 Å². The fraction of sp³-hybridized carbons (Fsp3) is 0.500. The summed E-state index contributed by atoms with van der Waals surface area (Å²) in [6, 6.07) is 0. The van der Waals surface area contributed by atoms with Crippen LogP contribution in [-0.2, 0) is 9.53 Å². The molecule has 1 heterocycles. The number of esters is 1. The van der Waals surface area contributed by atoms with Crippen molar-refractivity contribution in [2.45, 2.75) is 0 Å². The van der Waals surface area contributed by atoms with Crippen molar-refractivity contribution < 1.29 is 9.53 Å². The van der Waals surface area contributed by atoms with E-state index in [2.05, 4.69) is 20.7 Å². The van der Waals surface area contributed by atoms with Gasteiger partial charge in [0.15, 0.2) is 0 Å². The highest BCUT2D eigenvalue weighted by Gasteiger charge is 2.22. The van der Waals surface area contributed by atoms with Gasteiger partial charge in [0.1, 0.15) is 0 Å². The molecule has 0 saturated carbocycles. The van der Waals surface area contributed by atoms with Crippen molar-refractivity contribution in [1.82, 2.24) is 0 Å². The van der Waals surface area contributed by atoms with Gasteiger partial charge in [-0.2, -0.15) is 0 Å². The van der Waals surface area contributed by atoms with Crippen LogP contribution in [0.25, 0.3) is 0 Å². The van der Waals surface area contributed by atoms with Crippen LogP contribution in [0.5, 0.6) is 0 Å². The third kappa shape index (κ3) is 1.76. The SMILES string of the molecule is COC(=O)C1C=C(Br)SC1. The minimum atomic E-state index is -0.151. The maximum Gasteiger partial charge on any atom is 0.313 e. The highest BCUT2D eigenvalue weighted by atomic mass is 79.9. The molecule has 1 unspecified atom stereocenters. The molecular formula is C6H7BrO2S. The van der Waals surface area contributed by atoms with Crippen LogP contribution in [-0.4, -0.2) is 18.8 Å². The molecule has 1 atom stereocenters. The molecule has 1 aliphatic rings. The highest BCUT2D eigenvalue weighted by molar-refractivity contribution is 9.14. The number of hydrogen-bond acceptors (Lipinski definition) is 3. The van der Waals surface area contributed by atoms with Gasteiger partial charge in [-0.05, 0) is 22.0 Å². The molecule has 0 aliphatic carbocycles. The molecule has 56 valence electrons. The van der Waals surface area contributed by atoms with Crippen molar-refractivity contribution in [3.8, 4) is 0 Å². The number of carbonyl (C=O) groups excluding carboxylic acids is 1. The second kappa shape index (κ2) is 3.44. The number of halogens is 1. The maximum atomic E-state index is 10.9. The molecule has 0 spiro atoms. The van der Waals surface area contributed by atoms with Gasteiger partial charge in [0, 0.05) is 9.57 Å². The Balaban J connectivity index is 2.52. The number of methoxy groups -OCH3 is 1. The number of carbonyl (C=O) groups is 1. The fourth-order valence-electron chi connectivity index (χ4n) is 0.711. The summed E-state index contributed by atoms with van der Waals surface area (Å²) in [5.41, 5.74) is 0. The van der Waals surface area contributed by atoms with E-state index in [1.807, 2.05) is 6.08 Å². The molecule has 2 nitrogen and oxygen atoms in total. The molecule has 0 amide bonds. The van der Waals surface area contributed by atoms with Gasteiger partial charge in [-0.25, -0.2) is 0 Å². The summed E-state index contributed by atoms with van der Waals surface area (Å²) in [6.07, 6.45) is 1.87. The Morgan fingerprint density at radius 3 is 3.10 bits per heavy atom. The van der Waals surface area contributed by atoms with Crippen molar-refractivity contribution >= 4 is 33.7 Å². The van der Waals surface area contributed by atoms with Crippen molar-refractivity contribution in [2.24, 2.45) is 5.92 Å². The second-order valence-electron chi connectivity index (χ2n) is 1.91. The zero-order valence-corrected chi connectivity index (χ0v) is 7.87. The van der Waals surface area contributed by atoms with Crippen LogP contribution in [0.1, 0.15) is 0 Å². The molecular weight excluding hydrogens is 216 g/mol. The predicted molar refractivity (Wildman–Crippen MR) is 45.0 cm³/mol. The lowest BCUT2D eigenvalue weighted by molar-refractivity contribution is -0.142. The van der Waals surface area contributed by atoms with E-state index in [1.165, 1.54) is 7.11 Å². The maximum absolute atomic E-state index is 10.9.